The average molecular weight is 200 g/mol. The second-order valence-electron chi connectivity index (χ2n) is 4.79. The SMILES string of the molecule is CC(O)(CC1CO1)C(C1CO1)C1CO1. The zero-order valence-corrected chi connectivity index (χ0v) is 8.31. The monoisotopic (exact) mass is 200 g/mol. The van der Waals surface area contributed by atoms with Gasteiger partial charge in [-0.05, 0) is 6.92 Å². The van der Waals surface area contributed by atoms with Crippen molar-refractivity contribution < 1.29 is 19.3 Å². The second kappa shape index (κ2) is 2.92. The summed E-state index contributed by atoms with van der Waals surface area (Å²) in [5.41, 5.74) is -0.705. The van der Waals surface area contributed by atoms with Crippen molar-refractivity contribution in [2.24, 2.45) is 5.92 Å². The molecule has 0 bridgehead atoms. The minimum Gasteiger partial charge on any atom is -0.390 e. The number of hydrogen-bond donors (Lipinski definition) is 1. The topological polar surface area (TPSA) is 57.8 Å². The van der Waals surface area contributed by atoms with Crippen LogP contribution in [0.15, 0.2) is 0 Å². The van der Waals surface area contributed by atoms with Crippen molar-refractivity contribution in [2.75, 3.05) is 19.8 Å². The molecule has 4 nitrogen and oxygen atoms in total. The molecule has 3 rings (SSSR count). The van der Waals surface area contributed by atoms with E-state index in [4.69, 9.17) is 14.2 Å². The summed E-state index contributed by atoms with van der Waals surface area (Å²) in [6.07, 6.45) is 1.37. The van der Waals surface area contributed by atoms with Crippen LogP contribution in [0.3, 0.4) is 0 Å². The molecular weight excluding hydrogens is 184 g/mol. The Hall–Kier alpha value is -0.160. The Morgan fingerprint density at radius 3 is 2.07 bits per heavy atom. The molecular formula is C10H16O4. The Morgan fingerprint density at radius 2 is 1.71 bits per heavy atom. The lowest BCUT2D eigenvalue weighted by molar-refractivity contribution is -0.0353. The highest BCUT2D eigenvalue weighted by atomic mass is 16.6. The maximum Gasteiger partial charge on any atom is 0.0891 e. The highest BCUT2D eigenvalue weighted by Crippen LogP contribution is 2.41. The predicted molar refractivity (Wildman–Crippen MR) is 48.0 cm³/mol. The average Bonchev–Trinajstić information content (AvgIpc) is 2.93. The van der Waals surface area contributed by atoms with Gasteiger partial charge in [-0.25, -0.2) is 0 Å². The molecule has 0 saturated carbocycles. The van der Waals surface area contributed by atoms with E-state index in [-0.39, 0.29) is 24.2 Å². The molecule has 0 amide bonds. The van der Waals surface area contributed by atoms with E-state index in [2.05, 4.69) is 0 Å². The fraction of sp³-hybridized carbons (Fsp3) is 1.00. The molecule has 4 heteroatoms. The Kier molecular flexibility index (Phi) is 1.89. The molecule has 1 N–H and O–H groups in total. The van der Waals surface area contributed by atoms with Gasteiger partial charge in [0.1, 0.15) is 0 Å². The number of ether oxygens (including phenoxy) is 3. The Labute approximate surface area is 83.1 Å². The van der Waals surface area contributed by atoms with Gasteiger partial charge in [0, 0.05) is 12.3 Å². The lowest BCUT2D eigenvalue weighted by atomic mass is 9.81. The molecule has 14 heavy (non-hydrogen) atoms. The van der Waals surface area contributed by atoms with Gasteiger partial charge >= 0.3 is 0 Å². The molecule has 0 aromatic heterocycles. The van der Waals surface area contributed by atoms with Crippen molar-refractivity contribution in [2.45, 2.75) is 37.3 Å². The maximum atomic E-state index is 10.4. The van der Waals surface area contributed by atoms with Crippen molar-refractivity contribution in [1.82, 2.24) is 0 Å². The van der Waals surface area contributed by atoms with Crippen molar-refractivity contribution in [1.29, 1.82) is 0 Å². The molecule has 0 aromatic carbocycles. The van der Waals surface area contributed by atoms with Crippen LogP contribution in [-0.2, 0) is 14.2 Å². The lowest BCUT2D eigenvalue weighted by Crippen LogP contribution is -2.42. The van der Waals surface area contributed by atoms with Crippen LogP contribution < -0.4 is 0 Å². The van der Waals surface area contributed by atoms with Gasteiger partial charge in [-0.15, -0.1) is 0 Å². The summed E-state index contributed by atoms with van der Waals surface area (Å²) in [7, 11) is 0. The van der Waals surface area contributed by atoms with E-state index in [9.17, 15) is 5.11 Å². The van der Waals surface area contributed by atoms with E-state index in [0.717, 1.165) is 19.8 Å². The van der Waals surface area contributed by atoms with Crippen LogP contribution in [0.4, 0.5) is 0 Å². The van der Waals surface area contributed by atoms with E-state index in [0.29, 0.717) is 6.42 Å². The third kappa shape index (κ3) is 1.80. The van der Waals surface area contributed by atoms with Gasteiger partial charge in [-0.3, -0.25) is 0 Å². The summed E-state index contributed by atoms with van der Waals surface area (Å²) in [5.74, 6) is 0.131. The van der Waals surface area contributed by atoms with Gasteiger partial charge in [-0.2, -0.15) is 0 Å². The number of aliphatic hydroxyl groups is 1. The molecule has 3 fully saturated rings. The molecule has 3 aliphatic rings. The Bertz CT molecular complexity index is 216. The third-order valence-electron chi connectivity index (χ3n) is 3.28. The van der Waals surface area contributed by atoms with Crippen molar-refractivity contribution in [3.05, 3.63) is 0 Å². The van der Waals surface area contributed by atoms with E-state index in [1.54, 1.807) is 0 Å². The van der Waals surface area contributed by atoms with Gasteiger partial charge in [0.25, 0.3) is 0 Å². The van der Waals surface area contributed by atoms with Crippen molar-refractivity contribution in [3.8, 4) is 0 Å². The first kappa shape index (κ1) is 9.09. The molecule has 0 aliphatic carbocycles. The van der Waals surface area contributed by atoms with Crippen LogP contribution >= 0.6 is 0 Å². The normalized spacial score (nSPS) is 45.4. The zero-order chi connectivity index (χ0) is 9.76. The zero-order valence-electron chi connectivity index (χ0n) is 8.31. The number of epoxide rings is 3. The third-order valence-corrected chi connectivity index (χ3v) is 3.28. The van der Waals surface area contributed by atoms with E-state index in [1.165, 1.54) is 0 Å². The molecule has 3 aliphatic heterocycles. The van der Waals surface area contributed by atoms with E-state index in [1.807, 2.05) is 6.92 Å². The van der Waals surface area contributed by atoms with Crippen molar-refractivity contribution >= 4 is 0 Å². The molecule has 4 unspecified atom stereocenters. The molecule has 0 aromatic rings. The quantitative estimate of drug-likeness (QED) is 0.632. The fourth-order valence-electron chi connectivity index (χ4n) is 2.35. The standard InChI is InChI=1S/C10H16O4/c1-10(11,2-6-3-12-6)9(7-4-13-7)8-5-14-8/h6-9,11H,2-5H2,1H3. The van der Waals surface area contributed by atoms with Gasteiger partial charge in [-0.1, -0.05) is 0 Å². The summed E-state index contributed by atoms with van der Waals surface area (Å²) in [5, 5.41) is 10.4. The molecule has 0 spiro atoms. The molecule has 4 atom stereocenters. The first-order chi connectivity index (χ1) is 6.67. The summed E-state index contributed by atoms with van der Waals surface area (Å²) < 4.78 is 15.7. The van der Waals surface area contributed by atoms with E-state index < -0.39 is 5.60 Å². The minimum absolute atomic E-state index is 0.131. The van der Waals surface area contributed by atoms with Crippen molar-refractivity contribution in [3.63, 3.8) is 0 Å². The predicted octanol–water partition coefficient (Wildman–Crippen LogP) is -0.0599. The Morgan fingerprint density at radius 1 is 1.21 bits per heavy atom. The Balaban J connectivity index is 1.67. The highest BCUT2D eigenvalue weighted by molar-refractivity contribution is 5.02. The van der Waals surface area contributed by atoms with E-state index >= 15 is 0 Å². The molecule has 3 heterocycles. The number of hydrogen-bond acceptors (Lipinski definition) is 4. The van der Waals surface area contributed by atoms with Crippen LogP contribution in [0.1, 0.15) is 13.3 Å². The second-order valence-corrected chi connectivity index (χ2v) is 4.79. The van der Waals surface area contributed by atoms with Gasteiger partial charge < -0.3 is 19.3 Å². The van der Waals surface area contributed by atoms with Gasteiger partial charge in [0.2, 0.25) is 0 Å². The summed E-state index contributed by atoms with van der Waals surface area (Å²) >= 11 is 0. The molecule has 0 radical (unpaired) electrons. The maximum absolute atomic E-state index is 10.4. The first-order valence-electron chi connectivity index (χ1n) is 5.24. The highest BCUT2D eigenvalue weighted by Gasteiger charge is 2.54. The van der Waals surface area contributed by atoms with Gasteiger partial charge in [0.05, 0.1) is 43.7 Å². The van der Waals surface area contributed by atoms with Crippen LogP contribution in [0, 0.1) is 5.92 Å². The van der Waals surface area contributed by atoms with Crippen LogP contribution in [0.5, 0.6) is 0 Å². The summed E-state index contributed by atoms with van der Waals surface area (Å²) in [6, 6.07) is 0. The minimum atomic E-state index is -0.705. The van der Waals surface area contributed by atoms with Crippen LogP contribution in [-0.4, -0.2) is 48.8 Å². The lowest BCUT2D eigenvalue weighted by Gasteiger charge is -2.30. The first-order valence-corrected chi connectivity index (χ1v) is 5.24. The summed E-state index contributed by atoms with van der Waals surface area (Å²) in [6.45, 7) is 4.21. The summed E-state index contributed by atoms with van der Waals surface area (Å²) in [4.78, 5) is 0. The largest absolute Gasteiger partial charge is 0.390 e. The molecule has 3 saturated heterocycles. The fourth-order valence-corrected chi connectivity index (χ4v) is 2.35. The smallest absolute Gasteiger partial charge is 0.0891 e. The van der Waals surface area contributed by atoms with Crippen LogP contribution in [0.25, 0.3) is 0 Å². The van der Waals surface area contributed by atoms with Crippen LogP contribution in [0.2, 0.25) is 0 Å². The number of rotatable bonds is 5. The molecule has 80 valence electrons. The van der Waals surface area contributed by atoms with Gasteiger partial charge in [0.15, 0.2) is 0 Å².